The Morgan fingerprint density at radius 2 is 1.50 bits per heavy atom. The summed E-state index contributed by atoms with van der Waals surface area (Å²) in [5.41, 5.74) is 2.59. The van der Waals surface area contributed by atoms with Crippen LogP contribution in [0.15, 0.2) is 72.9 Å². The van der Waals surface area contributed by atoms with E-state index in [1.807, 2.05) is 12.1 Å². The van der Waals surface area contributed by atoms with Crippen LogP contribution in [0.1, 0.15) is 42.4 Å². The average molecular weight is 345 g/mol. The van der Waals surface area contributed by atoms with Crippen molar-refractivity contribution in [3.8, 4) is 11.5 Å². The van der Waals surface area contributed by atoms with Gasteiger partial charge in [0.25, 0.3) is 0 Å². The quantitative estimate of drug-likeness (QED) is 0.557. The molecule has 0 unspecified atom stereocenters. The molecule has 1 heterocycles. The van der Waals surface area contributed by atoms with Crippen LogP contribution in [0.2, 0.25) is 0 Å². The Labute approximate surface area is 154 Å². The molecule has 0 bridgehead atoms. The number of nitrogens with zero attached hydrogens (tertiary/aromatic N) is 1. The fourth-order valence-corrected chi connectivity index (χ4v) is 2.74. The van der Waals surface area contributed by atoms with E-state index in [0.29, 0.717) is 17.0 Å². The number of ether oxygens (including phenoxy) is 1. The molecule has 0 spiro atoms. The van der Waals surface area contributed by atoms with Gasteiger partial charge in [0.1, 0.15) is 17.2 Å². The summed E-state index contributed by atoms with van der Waals surface area (Å²) in [6, 6.07) is 20.6. The average Bonchev–Trinajstić information content (AvgIpc) is 2.63. The Morgan fingerprint density at radius 3 is 2.04 bits per heavy atom. The van der Waals surface area contributed by atoms with Crippen LogP contribution in [0.5, 0.6) is 11.5 Å². The van der Waals surface area contributed by atoms with E-state index < -0.39 is 0 Å². The number of ketones is 1. The summed E-state index contributed by atoms with van der Waals surface area (Å²) < 4.78 is 5.88. The molecule has 0 saturated carbocycles. The number of carbonyl (C=O) groups is 1. The van der Waals surface area contributed by atoms with E-state index >= 15 is 0 Å². The summed E-state index contributed by atoms with van der Waals surface area (Å²) in [5, 5.41) is 0. The zero-order valence-electron chi connectivity index (χ0n) is 15.4. The van der Waals surface area contributed by atoms with Gasteiger partial charge in [0.2, 0.25) is 5.78 Å². The molecule has 0 saturated heterocycles. The third-order valence-corrected chi connectivity index (χ3v) is 3.91. The highest BCUT2D eigenvalue weighted by Crippen LogP contribution is 2.25. The molecule has 0 atom stereocenters. The maximum absolute atomic E-state index is 12.4. The Bertz CT molecular complexity index is 861. The molecule has 1 aromatic heterocycles. The van der Waals surface area contributed by atoms with Crippen LogP contribution in [0.25, 0.3) is 0 Å². The lowest BCUT2D eigenvalue weighted by molar-refractivity contribution is 0.103. The van der Waals surface area contributed by atoms with E-state index in [1.54, 1.807) is 48.7 Å². The zero-order valence-corrected chi connectivity index (χ0v) is 15.4. The maximum Gasteiger partial charge on any atom is 0.211 e. The van der Waals surface area contributed by atoms with Gasteiger partial charge in [-0.3, -0.25) is 9.78 Å². The molecule has 2 aromatic carbocycles. The molecule has 0 aliphatic rings. The van der Waals surface area contributed by atoms with Gasteiger partial charge in [-0.1, -0.05) is 39.0 Å². The van der Waals surface area contributed by atoms with Crippen molar-refractivity contribution in [1.29, 1.82) is 0 Å². The van der Waals surface area contributed by atoms with Gasteiger partial charge in [-0.05, 0) is 65.9 Å². The van der Waals surface area contributed by atoms with Gasteiger partial charge >= 0.3 is 0 Å². The molecule has 0 amide bonds. The van der Waals surface area contributed by atoms with Crippen LogP contribution in [-0.2, 0) is 6.42 Å². The highest BCUT2D eigenvalue weighted by molar-refractivity contribution is 6.07. The van der Waals surface area contributed by atoms with Gasteiger partial charge in [-0.25, -0.2) is 0 Å². The number of hydrogen-bond acceptors (Lipinski definition) is 3. The topological polar surface area (TPSA) is 39.2 Å². The summed E-state index contributed by atoms with van der Waals surface area (Å²) in [4.78, 5) is 16.5. The van der Waals surface area contributed by atoms with Crippen LogP contribution in [0.4, 0.5) is 0 Å². The lowest BCUT2D eigenvalue weighted by Crippen LogP contribution is -2.08. The predicted molar refractivity (Wildman–Crippen MR) is 104 cm³/mol. The molecule has 3 rings (SSSR count). The molecule has 3 heteroatoms. The highest BCUT2D eigenvalue weighted by atomic mass is 16.5. The van der Waals surface area contributed by atoms with Crippen LogP contribution in [-0.4, -0.2) is 10.8 Å². The maximum atomic E-state index is 12.4. The molecule has 0 aliphatic heterocycles. The van der Waals surface area contributed by atoms with Crippen LogP contribution in [0.3, 0.4) is 0 Å². The van der Waals surface area contributed by atoms with Gasteiger partial charge in [0.05, 0.1) is 0 Å². The Balaban J connectivity index is 1.67. The van der Waals surface area contributed by atoms with Crippen molar-refractivity contribution in [2.75, 3.05) is 0 Å². The second-order valence-electron chi connectivity index (χ2n) is 7.55. The molecule has 26 heavy (non-hydrogen) atoms. The van der Waals surface area contributed by atoms with Gasteiger partial charge in [-0.15, -0.1) is 0 Å². The van der Waals surface area contributed by atoms with E-state index in [4.69, 9.17) is 4.74 Å². The minimum Gasteiger partial charge on any atom is -0.457 e. The first-order valence-corrected chi connectivity index (χ1v) is 8.73. The second-order valence-corrected chi connectivity index (χ2v) is 7.55. The largest absolute Gasteiger partial charge is 0.457 e. The summed E-state index contributed by atoms with van der Waals surface area (Å²) >= 11 is 0. The first kappa shape index (κ1) is 17.9. The zero-order chi connectivity index (χ0) is 18.6. The molecule has 0 aliphatic carbocycles. The number of rotatable bonds is 5. The third-order valence-electron chi connectivity index (χ3n) is 3.91. The predicted octanol–water partition coefficient (Wildman–Crippen LogP) is 5.69. The first-order valence-electron chi connectivity index (χ1n) is 8.73. The molecular formula is C23H23NO2. The first-order chi connectivity index (χ1) is 12.4. The Kier molecular flexibility index (Phi) is 5.17. The van der Waals surface area contributed by atoms with Gasteiger partial charge in [-0.2, -0.15) is 0 Å². The lowest BCUT2D eigenvalue weighted by Gasteiger charge is -2.18. The van der Waals surface area contributed by atoms with Crippen LogP contribution >= 0.6 is 0 Å². The van der Waals surface area contributed by atoms with Gasteiger partial charge < -0.3 is 4.74 Å². The standard InChI is InChI=1S/C23H23NO2/c1-23(2,3)16-17-7-11-19(12-8-17)26-20-13-9-18(10-14-20)22(25)21-6-4-5-15-24-21/h4-15H,16H2,1-3H3. The molecule has 0 radical (unpaired) electrons. The van der Waals surface area contributed by atoms with Crippen molar-refractivity contribution in [3.05, 3.63) is 89.7 Å². The number of benzene rings is 2. The lowest BCUT2D eigenvalue weighted by atomic mass is 9.88. The fraction of sp³-hybridized carbons (Fsp3) is 0.217. The van der Waals surface area contributed by atoms with Crippen molar-refractivity contribution < 1.29 is 9.53 Å². The minimum atomic E-state index is -0.0938. The van der Waals surface area contributed by atoms with E-state index in [0.717, 1.165) is 12.2 Å². The fourth-order valence-electron chi connectivity index (χ4n) is 2.74. The second kappa shape index (κ2) is 7.52. The van der Waals surface area contributed by atoms with E-state index in [2.05, 4.69) is 37.9 Å². The summed E-state index contributed by atoms with van der Waals surface area (Å²) in [7, 11) is 0. The van der Waals surface area contributed by atoms with E-state index in [1.165, 1.54) is 5.56 Å². The summed E-state index contributed by atoms with van der Waals surface area (Å²) in [6.45, 7) is 6.68. The molecule has 3 aromatic rings. The molecule has 132 valence electrons. The molecule has 0 fully saturated rings. The van der Waals surface area contributed by atoms with Crippen molar-refractivity contribution in [2.45, 2.75) is 27.2 Å². The number of hydrogen-bond donors (Lipinski definition) is 0. The SMILES string of the molecule is CC(C)(C)Cc1ccc(Oc2ccc(C(=O)c3ccccn3)cc2)cc1. The molecule has 0 N–H and O–H groups in total. The van der Waals surface area contributed by atoms with Gasteiger partial charge in [0, 0.05) is 11.8 Å². The van der Waals surface area contributed by atoms with E-state index in [9.17, 15) is 4.79 Å². The molecular weight excluding hydrogens is 322 g/mol. The van der Waals surface area contributed by atoms with Gasteiger partial charge in [0.15, 0.2) is 0 Å². The smallest absolute Gasteiger partial charge is 0.211 e. The Hall–Kier alpha value is -2.94. The van der Waals surface area contributed by atoms with E-state index in [-0.39, 0.29) is 11.2 Å². The van der Waals surface area contributed by atoms with Crippen molar-refractivity contribution in [3.63, 3.8) is 0 Å². The van der Waals surface area contributed by atoms with Crippen molar-refractivity contribution >= 4 is 5.78 Å². The Morgan fingerprint density at radius 1 is 0.885 bits per heavy atom. The monoisotopic (exact) mass is 345 g/mol. The number of aromatic nitrogens is 1. The highest BCUT2D eigenvalue weighted by Gasteiger charge is 2.12. The number of pyridine rings is 1. The molecule has 3 nitrogen and oxygen atoms in total. The number of carbonyl (C=O) groups excluding carboxylic acids is 1. The van der Waals surface area contributed by atoms with Crippen LogP contribution < -0.4 is 4.74 Å². The third kappa shape index (κ3) is 4.79. The summed E-state index contributed by atoms with van der Waals surface area (Å²) in [5.74, 6) is 1.39. The minimum absolute atomic E-state index is 0.0938. The summed E-state index contributed by atoms with van der Waals surface area (Å²) in [6.07, 6.45) is 2.64. The van der Waals surface area contributed by atoms with Crippen molar-refractivity contribution in [1.82, 2.24) is 4.98 Å². The van der Waals surface area contributed by atoms with Crippen LogP contribution in [0, 0.1) is 5.41 Å². The normalized spacial score (nSPS) is 11.2. The van der Waals surface area contributed by atoms with Crippen molar-refractivity contribution in [2.24, 2.45) is 5.41 Å².